The van der Waals surface area contributed by atoms with Crippen molar-refractivity contribution in [1.29, 1.82) is 0 Å². The van der Waals surface area contributed by atoms with Crippen molar-refractivity contribution in [2.45, 2.75) is 30.2 Å². The Kier molecular flexibility index (Phi) is 6.35. The Morgan fingerprint density at radius 2 is 1.96 bits per heavy atom. The average Bonchev–Trinajstić information content (AvgIpc) is 2.54. The van der Waals surface area contributed by atoms with Crippen LogP contribution < -0.4 is 5.32 Å². The van der Waals surface area contributed by atoms with Crippen LogP contribution in [-0.4, -0.2) is 39.8 Å². The van der Waals surface area contributed by atoms with Crippen LogP contribution in [0.1, 0.15) is 19.8 Å². The lowest BCUT2D eigenvalue weighted by Crippen LogP contribution is -2.57. The molecule has 1 fully saturated rings. The lowest BCUT2D eigenvalue weighted by molar-refractivity contribution is -0.148. The summed E-state index contributed by atoms with van der Waals surface area (Å²) >= 11 is 3.17. The Labute approximate surface area is 143 Å². The summed E-state index contributed by atoms with van der Waals surface area (Å²) < 4.78 is 12.9. The monoisotopic (exact) mass is 357 g/mol. The molecule has 1 saturated heterocycles. The van der Waals surface area contributed by atoms with E-state index in [2.05, 4.69) is 5.32 Å². The third-order valence-electron chi connectivity index (χ3n) is 3.88. The number of nitrogens with one attached hydrogen (secondary N) is 1. The van der Waals surface area contributed by atoms with Crippen molar-refractivity contribution in [3.8, 4) is 0 Å². The second-order valence-corrected chi connectivity index (χ2v) is 7.97. The molecule has 1 aromatic carbocycles. The lowest BCUT2D eigenvalue weighted by Gasteiger charge is -2.34. The molecular formula is C16H20FNO3S2. The van der Waals surface area contributed by atoms with Gasteiger partial charge in [-0.3, -0.25) is 4.79 Å². The fourth-order valence-electron chi connectivity index (χ4n) is 2.30. The molecule has 1 aromatic rings. The van der Waals surface area contributed by atoms with Crippen molar-refractivity contribution in [2.75, 3.05) is 17.3 Å². The summed E-state index contributed by atoms with van der Waals surface area (Å²) in [6.45, 7) is 1.78. The summed E-state index contributed by atoms with van der Waals surface area (Å²) in [6.07, 6.45) is 0.910. The van der Waals surface area contributed by atoms with E-state index in [1.54, 1.807) is 30.8 Å². The topological polar surface area (TPSA) is 66.4 Å². The van der Waals surface area contributed by atoms with Gasteiger partial charge in [-0.05, 0) is 48.6 Å². The molecule has 2 N–H and O–H groups in total. The minimum Gasteiger partial charge on any atom is -0.480 e. The molecule has 0 aliphatic carbocycles. The van der Waals surface area contributed by atoms with Crippen LogP contribution in [0.5, 0.6) is 0 Å². The van der Waals surface area contributed by atoms with Crippen molar-refractivity contribution in [3.05, 3.63) is 30.1 Å². The van der Waals surface area contributed by atoms with E-state index in [0.717, 1.165) is 16.4 Å². The predicted octanol–water partition coefficient (Wildman–Crippen LogP) is 3.02. The third-order valence-corrected chi connectivity index (χ3v) is 6.14. The van der Waals surface area contributed by atoms with Gasteiger partial charge in [0.25, 0.3) is 0 Å². The Balaban J connectivity index is 1.90. The molecular weight excluding hydrogens is 337 g/mol. The standard InChI is InChI=1S/C16H20FNO3S2/c1-11(10-23-13-4-2-12(17)3-5-13)14(19)18-16(15(20)21)6-8-22-9-7-16/h2-5,11H,6-10H2,1H3,(H,18,19)(H,20,21). The smallest absolute Gasteiger partial charge is 0.329 e. The summed E-state index contributed by atoms with van der Waals surface area (Å²) in [6, 6.07) is 6.10. The van der Waals surface area contributed by atoms with E-state index in [9.17, 15) is 19.1 Å². The average molecular weight is 357 g/mol. The van der Waals surface area contributed by atoms with Gasteiger partial charge in [-0.15, -0.1) is 11.8 Å². The third kappa shape index (κ3) is 4.88. The van der Waals surface area contributed by atoms with Crippen LogP contribution in [-0.2, 0) is 9.59 Å². The molecule has 2 rings (SSSR count). The molecule has 1 aliphatic rings. The highest BCUT2D eigenvalue weighted by molar-refractivity contribution is 7.99. The van der Waals surface area contributed by atoms with Crippen molar-refractivity contribution in [3.63, 3.8) is 0 Å². The normalized spacial score (nSPS) is 18.2. The van der Waals surface area contributed by atoms with Crippen LogP contribution in [0.2, 0.25) is 0 Å². The van der Waals surface area contributed by atoms with Crippen LogP contribution >= 0.6 is 23.5 Å². The number of carboxylic acid groups (broad SMARTS) is 1. The number of aliphatic carboxylic acids is 1. The van der Waals surface area contributed by atoms with E-state index >= 15 is 0 Å². The number of amides is 1. The summed E-state index contributed by atoms with van der Waals surface area (Å²) in [5.74, 6) is 0.186. The Bertz CT molecular complexity index is 559. The first-order valence-electron chi connectivity index (χ1n) is 7.44. The van der Waals surface area contributed by atoms with Crippen LogP contribution in [0.4, 0.5) is 4.39 Å². The van der Waals surface area contributed by atoms with Gasteiger partial charge in [0, 0.05) is 16.6 Å². The molecule has 0 spiro atoms. The molecule has 0 aromatic heterocycles. The van der Waals surface area contributed by atoms with Crippen molar-refractivity contribution in [2.24, 2.45) is 5.92 Å². The highest BCUT2D eigenvalue weighted by atomic mass is 32.2. The molecule has 1 atom stereocenters. The van der Waals surface area contributed by atoms with Gasteiger partial charge in [-0.2, -0.15) is 11.8 Å². The maximum absolute atomic E-state index is 12.9. The van der Waals surface area contributed by atoms with Gasteiger partial charge in [0.2, 0.25) is 5.91 Å². The first kappa shape index (κ1) is 18.1. The fourth-order valence-corrected chi connectivity index (χ4v) is 4.41. The number of carbonyl (C=O) groups excluding carboxylic acids is 1. The van der Waals surface area contributed by atoms with E-state index < -0.39 is 11.5 Å². The highest BCUT2D eigenvalue weighted by Gasteiger charge is 2.41. The number of hydrogen-bond donors (Lipinski definition) is 2. The van der Waals surface area contributed by atoms with Crippen LogP contribution in [0.3, 0.4) is 0 Å². The molecule has 23 heavy (non-hydrogen) atoms. The second kappa shape index (κ2) is 8.06. The van der Waals surface area contributed by atoms with Crippen molar-refractivity contribution in [1.82, 2.24) is 5.32 Å². The number of hydrogen-bond acceptors (Lipinski definition) is 4. The molecule has 0 bridgehead atoms. The Hall–Kier alpha value is -1.21. The van der Waals surface area contributed by atoms with Gasteiger partial charge < -0.3 is 10.4 Å². The number of rotatable bonds is 6. The number of benzene rings is 1. The van der Waals surface area contributed by atoms with E-state index in [1.807, 2.05) is 0 Å². The first-order chi connectivity index (χ1) is 10.9. The molecule has 0 radical (unpaired) electrons. The maximum Gasteiger partial charge on any atom is 0.329 e. The zero-order valence-electron chi connectivity index (χ0n) is 12.9. The van der Waals surface area contributed by atoms with Gasteiger partial charge >= 0.3 is 5.97 Å². The molecule has 1 heterocycles. The molecule has 126 valence electrons. The van der Waals surface area contributed by atoms with Gasteiger partial charge in [0.1, 0.15) is 11.4 Å². The van der Waals surface area contributed by atoms with Crippen LogP contribution in [0.25, 0.3) is 0 Å². The highest BCUT2D eigenvalue weighted by Crippen LogP contribution is 2.28. The van der Waals surface area contributed by atoms with Crippen molar-refractivity contribution >= 4 is 35.4 Å². The molecule has 4 nitrogen and oxygen atoms in total. The van der Waals surface area contributed by atoms with Crippen LogP contribution in [0, 0.1) is 11.7 Å². The number of halogens is 1. The predicted molar refractivity (Wildman–Crippen MR) is 91.4 cm³/mol. The van der Waals surface area contributed by atoms with Crippen molar-refractivity contribution < 1.29 is 19.1 Å². The summed E-state index contributed by atoms with van der Waals surface area (Å²) in [5.41, 5.74) is -1.13. The second-order valence-electron chi connectivity index (χ2n) is 5.65. The zero-order valence-corrected chi connectivity index (χ0v) is 14.5. The maximum atomic E-state index is 12.9. The largest absolute Gasteiger partial charge is 0.480 e. The summed E-state index contributed by atoms with van der Waals surface area (Å²) in [7, 11) is 0. The van der Waals surface area contributed by atoms with Gasteiger partial charge in [-0.25, -0.2) is 9.18 Å². The molecule has 1 aliphatic heterocycles. The zero-order chi connectivity index (χ0) is 16.9. The number of carboxylic acids is 1. The Morgan fingerprint density at radius 1 is 1.35 bits per heavy atom. The Morgan fingerprint density at radius 3 is 2.52 bits per heavy atom. The van der Waals surface area contributed by atoms with E-state index in [0.29, 0.717) is 18.6 Å². The minimum absolute atomic E-state index is 0.242. The van der Waals surface area contributed by atoms with E-state index in [1.165, 1.54) is 23.9 Å². The molecule has 1 unspecified atom stereocenters. The lowest BCUT2D eigenvalue weighted by atomic mass is 9.91. The van der Waals surface area contributed by atoms with E-state index in [-0.39, 0.29) is 17.6 Å². The number of thioether (sulfide) groups is 2. The fraction of sp³-hybridized carbons (Fsp3) is 0.500. The SMILES string of the molecule is CC(CSc1ccc(F)cc1)C(=O)NC1(C(=O)O)CCSCC1. The first-order valence-corrected chi connectivity index (χ1v) is 9.58. The van der Waals surface area contributed by atoms with Gasteiger partial charge in [0.15, 0.2) is 0 Å². The van der Waals surface area contributed by atoms with E-state index in [4.69, 9.17) is 0 Å². The molecule has 7 heteroatoms. The van der Waals surface area contributed by atoms with Gasteiger partial charge in [-0.1, -0.05) is 6.92 Å². The molecule has 0 saturated carbocycles. The van der Waals surface area contributed by atoms with Crippen LogP contribution in [0.15, 0.2) is 29.2 Å². The summed E-state index contributed by atoms with van der Waals surface area (Å²) in [5, 5.41) is 12.2. The van der Waals surface area contributed by atoms with Gasteiger partial charge in [0.05, 0.1) is 0 Å². The quantitative estimate of drug-likeness (QED) is 0.766. The summed E-state index contributed by atoms with van der Waals surface area (Å²) in [4.78, 5) is 24.8. The molecule has 1 amide bonds. The number of carbonyl (C=O) groups is 2. The minimum atomic E-state index is -1.13.